The Kier molecular flexibility index (Phi) is 6.52. The molecule has 0 saturated heterocycles. The fourth-order valence-electron chi connectivity index (χ4n) is 2.11. The predicted octanol–water partition coefficient (Wildman–Crippen LogP) is 2.86. The zero-order valence-corrected chi connectivity index (χ0v) is 14.9. The van der Waals surface area contributed by atoms with Crippen LogP contribution in [0.15, 0.2) is 30.3 Å². The molecule has 7 heteroatoms. The molecule has 1 aromatic heterocycles. The first-order valence-electron chi connectivity index (χ1n) is 7.76. The van der Waals surface area contributed by atoms with Crippen LogP contribution in [0.5, 0.6) is 0 Å². The highest BCUT2D eigenvalue weighted by Crippen LogP contribution is 2.23. The lowest BCUT2D eigenvalue weighted by Gasteiger charge is -2.11. The van der Waals surface area contributed by atoms with Crippen LogP contribution in [0.4, 0.5) is 11.6 Å². The van der Waals surface area contributed by atoms with Crippen molar-refractivity contribution in [2.24, 2.45) is 0 Å². The molecular formula is C17H22ClN5O. The molecule has 2 N–H and O–H groups in total. The van der Waals surface area contributed by atoms with E-state index in [2.05, 4.69) is 25.5 Å². The van der Waals surface area contributed by atoms with Gasteiger partial charge in [-0.15, -0.1) is 0 Å². The molecule has 0 atom stereocenters. The van der Waals surface area contributed by atoms with Crippen LogP contribution >= 0.6 is 11.6 Å². The van der Waals surface area contributed by atoms with Crippen molar-refractivity contribution in [1.82, 2.24) is 20.2 Å². The van der Waals surface area contributed by atoms with E-state index in [0.29, 0.717) is 34.6 Å². The molecule has 0 fully saturated rings. The molecule has 1 aromatic carbocycles. The summed E-state index contributed by atoms with van der Waals surface area (Å²) in [4.78, 5) is 22.9. The van der Waals surface area contributed by atoms with E-state index in [1.165, 1.54) is 0 Å². The lowest BCUT2D eigenvalue weighted by molar-refractivity contribution is 0.0947. The van der Waals surface area contributed by atoms with E-state index in [1.54, 1.807) is 12.1 Å². The van der Waals surface area contributed by atoms with Crippen molar-refractivity contribution in [1.29, 1.82) is 0 Å². The number of hydrogen-bond acceptors (Lipinski definition) is 5. The largest absolute Gasteiger partial charge is 0.351 e. The fourth-order valence-corrected chi connectivity index (χ4v) is 2.29. The summed E-state index contributed by atoms with van der Waals surface area (Å²) in [7, 11) is 4.00. The number of rotatable bonds is 7. The topological polar surface area (TPSA) is 70.2 Å². The van der Waals surface area contributed by atoms with Gasteiger partial charge in [0, 0.05) is 12.2 Å². The second-order valence-corrected chi connectivity index (χ2v) is 6.14. The number of halogens is 1. The summed E-state index contributed by atoms with van der Waals surface area (Å²) >= 11 is 6.12. The molecule has 2 rings (SSSR count). The Morgan fingerprint density at radius 1 is 1.25 bits per heavy atom. The normalized spacial score (nSPS) is 10.7. The van der Waals surface area contributed by atoms with Gasteiger partial charge in [0.15, 0.2) is 0 Å². The van der Waals surface area contributed by atoms with Gasteiger partial charge in [0.1, 0.15) is 5.69 Å². The van der Waals surface area contributed by atoms with Crippen LogP contribution < -0.4 is 10.6 Å². The molecule has 128 valence electrons. The molecule has 0 saturated carbocycles. The van der Waals surface area contributed by atoms with Crippen molar-refractivity contribution < 1.29 is 4.79 Å². The second kappa shape index (κ2) is 8.61. The number of para-hydroxylation sites is 1. The third-order valence-corrected chi connectivity index (χ3v) is 3.60. The molecule has 0 unspecified atom stereocenters. The van der Waals surface area contributed by atoms with Crippen LogP contribution in [-0.2, 0) is 0 Å². The summed E-state index contributed by atoms with van der Waals surface area (Å²) in [6.07, 6.45) is 0.882. The SMILES string of the molecule is Cc1cc(C(=O)NCCCN(C)C)nc(Nc2ccccc2Cl)n1. The number of aryl methyl sites for hydroxylation is 1. The number of carbonyl (C=O) groups excluding carboxylic acids is 1. The summed E-state index contributed by atoms with van der Waals surface area (Å²) in [5, 5.41) is 6.49. The first-order valence-corrected chi connectivity index (χ1v) is 8.13. The van der Waals surface area contributed by atoms with Gasteiger partial charge in [-0.3, -0.25) is 4.79 Å². The Hall–Kier alpha value is -2.18. The van der Waals surface area contributed by atoms with Crippen LogP contribution in [0.25, 0.3) is 0 Å². The van der Waals surface area contributed by atoms with Crippen LogP contribution in [0.1, 0.15) is 22.6 Å². The van der Waals surface area contributed by atoms with Gasteiger partial charge in [0.2, 0.25) is 5.95 Å². The first-order chi connectivity index (χ1) is 11.5. The average Bonchev–Trinajstić information content (AvgIpc) is 2.53. The Morgan fingerprint density at radius 2 is 2.00 bits per heavy atom. The van der Waals surface area contributed by atoms with Crippen molar-refractivity contribution in [3.05, 3.63) is 46.7 Å². The number of hydrogen-bond donors (Lipinski definition) is 2. The number of nitrogens with one attached hydrogen (secondary N) is 2. The second-order valence-electron chi connectivity index (χ2n) is 5.74. The van der Waals surface area contributed by atoms with Gasteiger partial charge in [0.05, 0.1) is 10.7 Å². The fraction of sp³-hybridized carbons (Fsp3) is 0.353. The maximum absolute atomic E-state index is 12.2. The minimum atomic E-state index is -0.207. The molecule has 6 nitrogen and oxygen atoms in total. The smallest absolute Gasteiger partial charge is 0.270 e. The maximum Gasteiger partial charge on any atom is 0.270 e. The maximum atomic E-state index is 12.2. The zero-order valence-electron chi connectivity index (χ0n) is 14.1. The van der Waals surface area contributed by atoms with E-state index in [1.807, 2.05) is 39.2 Å². The molecule has 24 heavy (non-hydrogen) atoms. The first kappa shape index (κ1) is 18.2. The van der Waals surface area contributed by atoms with Crippen molar-refractivity contribution >= 4 is 29.1 Å². The highest BCUT2D eigenvalue weighted by atomic mass is 35.5. The molecule has 0 aliphatic carbocycles. The minimum Gasteiger partial charge on any atom is -0.351 e. The Labute approximate surface area is 147 Å². The van der Waals surface area contributed by atoms with Crippen molar-refractivity contribution in [2.75, 3.05) is 32.5 Å². The molecule has 1 amide bonds. The number of amides is 1. The molecular weight excluding hydrogens is 326 g/mol. The van der Waals surface area contributed by atoms with Crippen LogP contribution in [-0.4, -0.2) is 48.0 Å². The van der Waals surface area contributed by atoms with Crippen LogP contribution in [0, 0.1) is 6.92 Å². The molecule has 0 radical (unpaired) electrons. The number of nitrogens with zero attached hydrogens (tertiary/aromatic N) is 3. The summed E-state index contributed by atoms with van der Waals surface area (Å²) in [5.41, 5.74) is 1.74. The van der Waals surface area contributed by atoms with Gasteiger partial charge >= 0.3 is 0 Å². The third kappa shape index (κ3) is 5.47. The molecule has 0 bridgehead atoms. The lowest BCUT2D eigenvalue weighted by atomic mass is 10.3. The van der Waals surface area contributed by atoms with Gasteiger partial charge in [-0.2, -0.15) is 0 Å². The standard InChI is InChI=1S/C17H22ClN5O/c1-12-11-15(16(24)19-9-6-10-23(2)3)22-17(20-12)21-14-8-5-4-7-13(14)18/h4-5,7-8,11H,6,9-10H2,1-3H3,(H,19,24)(H,20,21,22). The van der Waals surface area contributed by atoms with E-state index >= 15 is 0 Å². The number of carbonyl (C=O) groups is 1. The number of anilines is 2. The lowest BCUT2D eigenvalue weighted by Crippen LogP contribution is -2.28. The van der Waals surface area contributed by atoms with Crippen LogP contribution in [0.3, 0.4) is 0 Å². The van der Waals surface area contributed by atoms with E-state index in [0.717, 1.165) is 13.0 Å². The van der Waals surface area contributed by atoms with Gasteiger partial charge < -0.3 is 15.5 Å². The van der Waals surface area contributed by atoms with Crippen LogP contribution in [0.2, 0.25) is 5.02 Å². The quantitative estimate of drug-likeness (QED) is 0.754. The van der Waals surface area contributed by atoms with Crippen molar-refractivity contribution in [3.63, 3.8) is 0 Å². The molecule has 0 aliphatic rings. The molecule has 1 heterocycles. The van der Waals surface area contributed by atoms with E-state index in [9.17, 15) is 4.79 Å². The van der Waals surface area contributed by atoms with E-state index < -0.39 is 0 Å². The molecule has 0 spiro atoms. The average molecular weight is 348 g/mol. The molecule has 2 aromatic rings. The van der Waals surface area contributed by atoms with E-state index in [-0.39, 0.29) is 5.91 Å². The predicted molar refractivity (Wildman–Crippen MR) is 97.0 cm³/mol. The highest BCUT2D eigenvalue weighted by Gasteiger charge is 2.11. The number of benzene rings is 1. The molecule has 0 aliphatic heterocycles. The summed E-state index contributed by atoms with van der Waals surface area (Å²) in [5.74, 6) is 0.142. The van der Waals surface area contributed by atoms with E-state index in [4.69, 9.17) is 11.6 Å². The summed E-state index contributed by atoms with van der Waals surface area (Å²) in [6, 6.07) is 8.98. The Balaban J connectivity index is 2.05. The van der Waals surface area contributed by atoms with Gasteiger partial charge in [-0.05, 0) is 52.2 Å². The van der Waals surface area contributed by atoms with Crippen molar-refractivity contribution in [3.8, 4) is 0 Å². The minimum absolute atomic E-state index is 0.207. The van der Waals surface area contributed by atoms with Gasteiger partial charge in [-0.1, -0.05) is 23.7 Å². The van der Waals surface area contributed by atoms with Gasteiger partial charge in [-0.25, -0.2) is 9.97 Å². The summed E-state index contributed by atoms with van der Waals surface area (Å²) in [6.45, 7) is 3.35. The Morgan fingerprint density at radius 3 is 2.71 bits per heavy atom. The number of aromatic nitrogens is 2. The van der Waals surface area contributed by atoms with Crippen molar-refractivity contribution in [2.45, 2.75) is 13.3 Å². The zero-order chi connectivity index (χ0) is 17.5. The summed E-state index contributed by atoms with van der Waals surface area (Å²) < 4.78 is 0. The van der Waals surface area contributed by atoms with Gasteiger partial charge in [0.25, 0.3) is 5.91 Å². The Bertz CT molecular complexity index is 705. The highest BCUT2D eigenvalue weighted by molar-refractivity contribution is 6.33. The third-order valence-electron chi connectivity index (χ3n) is 3.27. The monoisotopic (exact) mass is 347 g/mol.